The lowest BCUT2D eigenvalue weighted by atomic mass is 9.82. The third kappa shape index (κ3) is 3.03. The van der Waals surface area contributed by atoms with Gasteiger partial charge in [0.15, 0.2) is 0 Å². The Labute approximate surface area is 108 Å². The summed E-state index contributed by atoms with van der Waals surface area (Å²) >= 11 is 0. The summed E-state index contributed by atoms with van der Waals surface area (Å²) in [5, 5.41) is 8.82. The topological polar surface area (TPSA) is 66.6 Å². The molecule has 0 radical (unpaired) electrons. The molecule has 0 aliphatic carbocycles. The van der Waals surface area contributed by atoms with Gasteiger partial charge in [0, 0.05) is 18.1 Å². The maximum Gasteiger partial charge on any atom is 0.353 e. The van der Waals surface area contributed by atoms with Gasteiger partial charge in [-0.3, -0.25) is 0 Å². The van der Waals surface area contributed by atoms with Crippen molar-refractivity contribution in [2.45, 2.75) is 27.7 Å². The molecule has 0 aromatic carbocycles. The molecule has 18 heavy (non-hydrogen) atoms. The van der Waals surface area contributed by atoms with E-state index in [0.717, 1.165) is 11.3 Å². The van der Waals surface area contributed by atoms with Crippen LogP contribution in [0.5, 0.6) is 0 Å². The number of nitrogens with two attached hydrogens (primary N) is 1. The maximum atomic E-state index is 10.8. The van der Waals surface area contributed by atoms with Crippen LogP contribution >= 0.6 is 0 Å². The van der Waals surface area contributed by atoms with Crippen LogP contribution in [0, 0.1) is 5.41 Å². The minimum absolute atomic E-state index is 0.0172. The van der Waals surface area contributed by atoms with E-state index in [1.807, 2.05) is 25.2 Å². The van der Waals surface area contributed by atoms with Crippen molar-refractivity contribution in [2.24, 2.45) is 11.1 Å². The first-order chi connectivity index (χ1) is 8.27. The Bertz CT molecular complexity index is 463. The Morgan fingerprint density at radius 1 is 1.44 bits per heavy atom. The molecule has 0 saturated heterocycles. The van der Waals surface area contributed by atoms with Gasteiger partial charge < -0.3 is 15.7 Å². The van der Waals surface area contributed by atoms with E-state index in [1.54, 1.807) is 11.1 Å². The second-order valence-corrected chi connectivity index (χ2v) is 5.14. The van der Waals surface area contributed by atoms with Crippen LogP contribution < -0.4 is 5.73 Å². The number of hydrogen-bond donors (Lipinski definition) is 2. The number of carboxylic acids is 1. The van der Waals surface area contributed by atoms with Crippen LogP contribution in [-0.2, 0) is 4.79 Å². The Balaban J connectivity index is 3.14. The molecule has 0 spiro atoms. The molecule has 0 bridgehead atoms. The number of nitrogens with zero attached hydrogens (tertiary/aromatic N) is 1. The van der Waals surface area contributed by atoms with Crippen molar-refractivity contribution in [3.05, 3.63) is 47.6 Å². The third-order valence-electron chi connectivity index (χ3n) is 2.67. The second kappa shape index (κ2) is 5.12. The van der Waals surface area contributed by atoms with Gasteiger partial charge in [0.2, 0.25) is 0 Å². The normalized spacial score (nSPS) is 19.1. The van der Waals surface area contributed by atoms with Gasteiger partial charge >= 0.3 is 5.97 Å². The molecule has 1 rings (SSSR count). The van der Waals surface area contributed by atoms with Crippen molar-refractivity contribution in [3.63, 3.8) is 0 Å². The predicted octanol–water partition coefficient (Wildman–Crippen LogP) is 2.58. The molecule has 0 aromatic heterocycles. The zero-order valence-corrected chi connectivity index (χ0v) is 11.3. The first kappa shape index (κ1) is 14.1. The van der Waals surface area contributed by atoms with Crippen LogP contribution in [0.15, 0.2) is 47.6 Å². The highest BCUT2D eigenvalue weighted by molar-refractivity contribution is 5.85. The number of rotatable bonds is 2. The van der Waals surface area contributed by atoms with Gasteiger partial charge in [0.05, 0.1) is 0 Å². The Hall–Kier alpha value is -1.97. The minimum Gasteiger partial charge on any atom is -0.477 e. The van der Waals surface area contributed by atoms with E-state index < -0.39 is 5.97 Å². The van der Waals surface area contributed by atoms with Crippen LogP contribution in [0.25, 0.3) is 0 Å². The van der Waals surface area contributed by atoms with Gasteiger partial charge in [0.1, 0.15) is 5.70 Å². The first-order valence-corrected chi connectivity index (χ1v) is 5.82. The monoisotopic (exact) mass is 248 g/mol. The van der Waals surface area contributed by atoms with Gasteiger partial charge in [-0.2, -0.15) is 0 Å². The van der Waals surface area contributed by atoms with E-state index in [0.29, 0.717) is 0 Å². The van der Waals surface area contributed by atoms with E-state index in [4.69, 9.17) is 10.8 Å². The van der Waals surface area contributed by atoms with Crippen LogP contribution in [0.4, 0.5) is 0 Å². The summed E-state index contributed by atoms with van der Waals surface area (Å²) in [6.45, 7) is 8.27. The number of aliphatic carboxylic acids is 1. The van der Waals surface area contributed by atoms with E-state index >= 15 is 0 Å². The molecule has 0 saturated carbocycles. The molecule has 1 heterocycles. The van der Waals surface area contributed by atoms with Gasteiger partial charge in [-0.1, -0.05) is 32.9 Å². The van der Waals surface area contributed by atoms with Crippen LogP contribution in [0.1, 0.15) is 27.7 Å². The highest BCUT2D eigenvalue weighted by Gasteiger charge is 2.24. The lowest BCUT2D eigenvalue weighted by Gasteiger charge is -2.32. The zero-order chi connectivity index (χ0) is 13.9. The smallest absolute Gasteiger partial charge is 0.353 e. The van der Waals surface area contributed by atoms with Gasteiger partial charge in [-0.15, -0.1) is 0 Å². The summed E-state index contributed by atoms with van der Waals surface area (Å²) in [6.07, 6.45) is 9.09. The van der Waals surface area contributed by atoms with Gasteiger partial charge in [0.25, 0.3) is 0 Å². The average molecular weight is 248 g/mol. The van der Waals surface area contributed by atoms with Crippen molar-refractivity contribution in [1.82, 2.24) is 4.90 Å². The van der Waals surface area contributed by atoms with Crippen molar-refractivity contribution >= 4 is 5.97 Å². The van der Waals surface area contributed by atoms with E-state index in [9.17, 15) is 4.79 Å². The van der Waals surface area contributed by atoms with Crippen LogP contribution in [0.3, 0.4) is 0 Å². The van der Waals surface area contributed by atoms with E-state index in [2.05, 4.69) is 20.8 Å². The molecule has 98 valence electrons. The van der Waals surface area contributed by atoms with Crippen molar-refractivity contribution in [1.29, 1.82) is 0 Å². The van der Waals surface area contributed by atoms with Crippen LogP contribution in [0.2, 0.25) is 0 Å². The number of carboxylic acid groups (broad SMARTS) is 1. The third-order valence-corrected chi connectivity index (χ3v) is 2.67. The standard InChI is InChI=1S/C14H20N2O2/c1-5-12-10(14(2,3)4)7-6-8-16(12)9-11(15)13(17)18/h5-9H,15H2,1-4H3,(H,17,18)/b11-9-,12-5-. The minimum atomic E-state index is -1.12. The van der Waals surface area contributed by atoms with E-state index in [-0.39, 0.29) is 11.1 Å². The summed E-state index contributed by atoms with van der Waals surface area (Å²) < 4.78 is 0. The lowest BCUT2D eigenvalue weighted by molar-refractivity contribution is -0.132. The molecule has 0 unspecified atom stereocenters. The molecule has 0 aromatic rings. The Kier molecular flexibility index (Phi) is 4.01. The molecule has 0 atom stereocenters. The Morgan fingerprint density at radius 3 is 2.50 bits per heavy atom. The summed E-state index contributed by atoms with van der Waals surface area (Å²) in [5.41, 5.74) is 7.35. The molecule has 1 aliphatic heterocycles. The molecule has 0 amide bonds. The SMILES string of the molecule is C/C=C1/C(C(C)(C)C)=CC=CN1/C=C(\N)C(=O)O. The molecule has 1 aliphatic rings. The van der Waals surface area contributed by atoms with Gasteiger partial charge in [-0.05, 0) is 24.0 Å². The van der Waals surface area contributed by atoms with E-state index in [1.165, 1.54) is 6.20 Å². The molecule has 4 heteroatoms. The van der Waals surface area contributed by atoms with Crippen molar-refractivity contribution < 1.29 is 9.90 Å². The van der Waals surface area contributed by atoms with Crippen LogP contribution in [-0.4, -0.2) is 16.0 Å². The number of hydrogen-bond acceptors (Lipinski definition) is 3. The quantitative estimate of drug-likeness (QED) is 0.737. The fourth-order valence-corrected chi connectivity index (χ4v) is 1.79. The fourth-order valence-electron chi connectivity index (χ4n) is 1.79. The highest BCUT2D eigenvalue weighted by atomic mass is 16.4. The second-order valence-electron chi connectivity index (χ2n) is 5.14. The largest absolute Gasteiger partial charge is 0.477 e. The summed E-state index contributed by atoms with van der Waals surface area (Å²) in [6, 6.07) is 0. The molecule has 3 N–H and O–H groups in total. The maximum absolute atomic E-state index is 10.8. The number of carbonyl (C=O) groups is 1. The predicted molar refractivity (Wildman–Crippen MR) is 72.2 cm³/mol. The molecular weight excluding hydrogens is 228 g/mol. The summed E-state index contributed by atoms with van der Waals surface area (Å²) in [4.78, 5) is 12.5. The molecular formula is C14H20N2O2. The highest BCUT2D eigenvalue weighted by Crippen LogP contribution is 2.35. The molecule has 4 nitrogen and oxygen atoms in total. The Morgan fingerprint density at radius 2 is 2.06 bits per heavy atom. The fraction of sp³-hybridized carbons (Fsp3) is 0.357. The summed E-state index contributed by atoms with van der Waals surface area (Å²) in [7, 11) is 0. The van der Waals surface area contributed by atoms with Crippen molar-refractivity contribution in [3.8, 4) is 0 Å². The molecule has 0 fully saturated rings. The van der Waals surface area contributed by atoms with Gasteiger partial charge in [-0.25, -0.2) is 4.79 Å². The average Bonchev–Trinajstić information content (AvgIpc) is 2.27. The van der Waals surface area contributed by atoms with Crippen molar-refractivity contribution in [2.75, 3.05) is 0 Å². The first-order valence-electron chi connectivity index (χ1n) is 5.82. The lowest BCUT2D eigenvalue weighted by Crippen LogP contribution is -2.24. The summed E-state index contributed by atoms with van der Waals surface area (Å²) in [5.74, 6) is -1.12. The zero-order valence-electron chi connectivity index (χ0n) is 11.3. The number of allylic oxidation sites excluding steroid dienone is 4.